The molecule has 0 fully saturated rings. The van der Waals surface area contributed by atoms with E-state index in [1.54, 1.807) is 6.21 Å². The highest BCUT2D eigenvalue weighted by atomic mass is 16.2. The van der Waals surface area contributed by atoms with Crippen LogP contribution in [0.15, 0.2) is 41.4 Å². The molecule has 2 nitrogen and oxygen atoms in total. The molecule has 0 saturated heterocycles. The van der Waals surface area contributed by atoms with Crippen LogP contribution in [0.4, 0.5) is 5.69 Å². The van der Waals surface area contributed by atoms with Crippen molar-refractivity contribution in [2.24, 2.45) is 4.99 Å². The first kappa shape index (κ1) is 11.7. The Morgan fingerprint density at radius 2 is 2.20 bits per heavy atom. The van der Waals surface area contributed by atoms with Gasteiger partial charge in [0.15, 0.2) is 0 Å². The minimum atomic E-state index is 0.206. The van der Waals surface area contributed by atoms with Crippen molar-refractivity contribution in [1.82, 2.24) is 0 Å². The molecule has 0 bridgehead atoms. The van der Waals surface area contributed by atoms with Crippen LogP contribution in [0.5, 0.6) is 0 Å². The Balaban J connectivity index is 2.58. The lowest BCUT2D eigenvalue weighted by atomic mass is 10.2. The van der Waals surface area contributed by atoms with Gasteiger partial charge in [0.25, 0.3) is 0 Å². The van der Waals surface area contributed by atoms with E-state index < -0.39 is 0 Å². The van der Waals surface area contributed by atoms with E-state index in [4.69, 9.17) is 5.11 Å². The Morgan fingerprint density at radius 3 is 2.87 bits per heavy atom. The molecule has 1 aromatic rings. The van der Waals surface area contributed by atoms with Crippen LogP contribution in [-0.2, 0) is 0 Å². The summed E-state index contributed by atoms with van der Waals surface area (Å²) in [5.74, 6) is 0. The number of nitrogens with zero attached hydrogens (tertiary/aromatic N) is 1. The van der Waals surface area contributed by atoms with Gasteiger partial charge >= 0.3 is 0 Å². The Labute approximate surface area is 91.0 Å². The zero-order valence-electron chi connectivity index (χ0n) is 9.11. The Bertz CT molecular complexity index is 355. The second kappa shape index (κ2) is 6.14. The molecule has 0 saturated carbocycles. The van der Waals surface area contributed by atoms with E-state index in [-0.39, 0.29) is 6.61 Å². The lowest BCUT2D eigenvalue weighted by molar-refractivity contribution is 0.289. The molecule has 0 unspecified atom stereocenters. The quantitative estimate of drug-likeness (QED) is 0.733. The van der Waals surface area contributed by atoms with Gasteiger partial charge in [-0.2, -0.15) is 0 Å². The van der Waals surface area contributed by atoms with Crippen LogP contribution in [0, 0.1) is 6.92 Å². The minimum Gasteiger partial charge on any atom is -0.396 e. The number of hydrogen-bond donors (Lipinski definition) is 1. The van der Waals surface area contributed by atoms with Gasteiger partial charge in [-0.05, 0) is 37.0 Å². The van der Waals surface area contributed by atoms with Crippen molar-refractivity contribution < 1.29 is 5.11 Å². The molecule has 0 heterocycles. The lowest BCUT2D eigenvalue weighted by Gasteiger charge is -1.99. The van der Waals surface area contributed by atoms with Gasteiger partial charge in [0, 0.05) is 12.8 Å². The molecule has 1 N–H and O–H groups in total. The maximum Gasteiger partial charge on any atom is 0.0658 e. The van der Waals surface area contributed by atoms with Crippen LogP contribution in [0.3, 0.4) is 0 Å². The first-order valence-electron chi connectivity index (χ1n) is 5.12. The average Bonchev–Trinajstić information content (AvgIpc) is 2.25. The van der Waals surface area contributed by atoms with Gasteiger partial charge in [0.1, 0.15) is 0 Å². The molecule has 0 atom stereocenters. The molecular formula is C13H17NO. The van der Waals surface area contributed by atoms with Crippen LogP contribution in [0.2, 0.25) is 0 Å². The number of rotatable bonds is 5. The summed E-state index contributed by atoms with van der Waals surface area (Å²) in [6.45, 7) is 6.11. The fourth-order valence-electron chi connectivity index (χ4n) is 1.24. The predicted octanol–water partition coefficient (Wildman–Crippen LogP) is 3.03. The summed E-state index contributed by atoms with van der Waals surface area (Å²) < 4.78 is 0. The molecule has 0 radical (unpaired) electrons. The second-order valence-corrected chi connectivity index (χ2v) is 3.53. The maximum absolute atomic E-state index is 8.66. The zero-order chi connectivity index (χ0) is 11.1. The zero-order valence-corrected chi connectivity index (χ0v) is 9.11. The highest BCUT2D eigenvalue weighted by Gasteiger charge is 1.93. The predicted molar refractivity (Wildman–Crippen MR) is 64.8 cm³/mol. The normalized spacial score (nSPS) is 10.8. The topological polar surface area (TPSA) is 32.6 Å². The number of hydrogen-bond acceptors (Lipinski definition) is 2. The summed E-state index contributed by atoms with van der Waals surface area (Å²) in [6.07, 6.45) is 3.32. The number of aliphatic hydroxyl groups is 1. The van der Waals surface area contributed by atoms with Crippen molar-refractivity contribution in [2.45, 2.75) is 19.8 Å². The molecule has 0 aliphatic rings. The third-order valence-electron chi connectivity index (χ3n) is 2.16. The summed E-state index contributed by atoms with van der Waals surface area (Å²) in [5, 5.41) is 8.66. The maximum atomic E-state index is 8.66. The molecule has 2 heteroatoms. The highest BCUT2D eigenvalue weighted by Crippen LogP contribution is 2.16. The standard InChI is InChI=1S/C13H17NO/c1-11(6-5-9-15)10-14-13-8-4-3-7-12(13)2/h3-4,7-8,10,15H,1,5-6,9H2,2H3/b14-10-. The molecule has 15 heavy (non-hydrogen) atoms. The smallest absolute Gasteiger partial charge is 0.0658 e. The van der Waals surface area contributed by atoms with E-state index in [1.165, 1.54) is 0 Å². The van der Waals surface area contributed by atoms with E-state index in [1.807, 2.05) is 31.2 Å². The molecule has 0 aliphatic carbocycles. The molecule has 80 valence electrons. The first-order chi connectivity index (χ1) is 7.24. The molecule has 1 rings (SSSR count). The lowest BCUT2D eigenvalue weighted by Crippen LogP contribution is -1.87. The van der Waals surface area contributed by atoms with E-state index >= 15 is 0 Å². The van der Waals surface area contributed by atoms with Crippen molar-refractivity contribution in [3.8, 4) is 0 Å². The van der Waals surface area contributed by atoms with E-state index in [9.17, 15) is 0 Å². The van der Waals surface area contributed by atoms with Crippen molar-refractivity contribution in [3.05, 3.63) is 42.0 Å². The average molecular weight is 203 g/mol. The van der Waals surface area contributed by atoms with Crippen molar-refractivity contribution in [2.75, 3.05) is 6.61 Å². The molecule has 0 aromatic heterocycles. The largest absolute Gasteiger partial charge is 0.396 e. The van der Waals surface area contributed by atoms with Crippen LogP contribution in [-0.4, -0.2) is 17.9 Å². The van der Waals surface area contributed by atoms with Crippen molar-refractivity contribution in [3.63, 3.8) is 0 Å². The number of aliphatic hydroxyl groups excluding tert-OH is 1. The van der Waals surface area contributed by atoms with E-state index in [2.05, 4.69) is 11.6 Å². The molecule has 0 spiro atoms. The van der Waals surface area contributed by atoms with Crippen molar-refractivity contribution >= 4 is 11.9 Å². The van der Waals surface area contributed by atoms with Gasteiger partial charge in [-0.25, -0.2) is 0 Å². The third-order valence-corrected chi connectivity index (χ3v) is 2.16. The third kappa shape index (κ3) is 4.09. The minimum absolute atomic E-state index is 0.206. The SMILES string of the molecule is C=C(/C=N\c1ccccc1C)CCCO. The van der Waals surface area contributed by atoms with Crippen molar-refractivity contribution in [1.29, 1.82) is 0 Å². The Morgan fingerprint density at radius 1 is 1.47 bits per heavy atom. The summed E-state index contributed by atoms with van der Waals surface area (Å²) >= 11 is 0. The van der Waals surface area contributed by atoms with Crippen LogP contribution < -0.4 is 0 Å². The molecular weight excluding hydrogens is 186 g/mol. The first-order valence-corrected chi connectivity index (χ1v) is 5.12. The number of para-hydroxylation sites is 1. The van der Waals surface area contributed by atoms with E-state index in [0.29, 0.717) is 0 Å². The number of aryl methyl sites for hydroxylation is 1. The Kier molecular flexibility index (Phi) is 4.78. The summed E-state index contributed by atoms with van der Waals surface area (Å²) in [4.78, 5) is 4.35. The van der Waals surface area contributed by atoms with Crippen LogP contribution in [0.1, 0.15) is 18.4 Å². The number of allylic oxidation sites excluding steroid dienone is 1. The Hall–Kier alpha value is -1.41. The molecule has 0 aliphatic heterocycles. The monoisotopic (exact) mass is 203 g/mol. The number of aliphatic imine (C=N–C) groups is 1. The van der Waals surface area contributed by atoms with Gasteiger partial charge < -0.3 is 5.11 Å². The van der Waals surface area contributed by atoms with Crippen LogP contribution >= 0.6 is 0 Å². The fraction of sp³-hybridized carbons (Fsp3) is 0.308. The molecule has 0 amide bonds. The fourth-order valence-corrected chi connectivity index (χ4v) is 1.24. The summed E-state index contributed by atoms with van der Waals surface area (Å²) in [5.41, 5.74) is 3.08. The summed E-state index contributed by atoms with van der Waals surface area (Å²) in [7, 11) is 0. The van der Waals surface area contributed by atoms with E-state index in [0.717, 1.165) is 29.7 Å². The summed E-state index contributed by atoms with van der Waals surface area (Å²) in [6, 6.07) is 7.97. The highest BCUT2D eigenvalue weighted by molar-refractivity contribution is 5.80. The van der Waals surface area contributed by atoms with Gasteiger partial charge in [-0.15, -0.1) is 0 Å². The second-order valence-electron chi connectivity index (χ2n) is 3.53. The van der Waals surface area contributed by atoms with Crippen LogP contribution in [0.25, 0.3) is 0 Å². The van der Waals surface area contributed by atoms with Gasteiger partial charge in [-0.1, -0.05) is 24.8 Å². The number of benzene rings is 1. The van der Waals surface area contributed by atoms with Gasteiger partial charge in [0.2, 0.25) is 0 Å². The van der Waals surface area contributed by atoms with Gasteiger partial charge in [0.05, 0.1) is 5.69 Å². The molecule has 1 aromatic carbocycles. The van der Waals surface area contributed by atoms with Gasteiger partial charge in [-0.3, -0.25) is 4.99 Å².